The lowest BCUT2D eigenvalue weighted by Gasteiger charge is -2.32. The number of halogens is 3. The van der Waals surface area contributed by atoms with Gasteiger partial charge < -0.3 is 15.9 Å². The van der Waals surface area contributed by atoms with Crippen molar-refractivity contribution in [2.75, 3.05) is 6.61 Å². The summed E-state index contributed by atoms with van der Waals surface area (Å²) in [6, 6.07) is 24.7. The minimum Gasteiger partial charge on any atom is -0.394 e. The van der Waals surface area contributed by atoms with Crippen molar-refractivity contribution < 1.29 is 19.0 Å². The smallest absolute Gasteiger partial charge is 0.265 e. The Morgan fingerprint density at radius 3 is 2.24 bits per heavy atom. The maximum atomic E-state index is 12.8. The van der Waals surface area contributed by atoms with E-state index in [-0.39, 0.29) is 6.42 Å². The van der Waals surface area contributed by atoms with Crippen LogP contribution in [0.1, 0.15) is 29.5 Å². The zero-order valence-corrected chi connectivity index (χ0v) is 20.4. The highest BCUT2D eigenvalue weighted by Gasteiger charge is 2.38. The summed E-state index contributed by atoms with van der Waals surface area (Å²) < 4.78 is 25.7. The number of benzene rings is 3. The van der Waals surface area contributed by atoms with Crippen molar-refractivity contribution >= 4 is 23.4 Å². The van der Waals surface area contributed by atoms with Crippen LogP contribution in [0.25, 0.3) is 0 Å². The fourth-order valence-electron chi connectivity index (χ4n) is 3.81. The molecule has 4 N–H and O–H groups in total. The number of aliphatic hydroxyl groups excluding tert-OH is 2. The lowest BCUT2D eigenvalue weighted by atomic mass is 9.88. The van der Waals surface area contributed by atoms with E-state index in [0.717, 1.165) is 28.2 Å². The summed E-state index contributed by atoms with van der Waals surface area (Å²) in [6.45, 7) is -0.716. The Bertz CT molecular complexity index is 1050. The molecule has 0 aliphatic carbocycles. The standard InChI is InChI=1S/C27H30ClF2NO2S/c28-24-17-23(14-13-21(24)9-5-15-27(31,18-32)25(33)26(29)30)34-22-10-4-8-20(16-22)12-11-19-6-2-1-3-7-19/h1-4,6-8,10,13-14,16-17,25-26,32-33H,5,9,11-12,15,18,31H2. The molecule has 34 heavy (non-hydrogen) atoms. The van der Waals surface area contributed by atoms with Crippen molar-refractivity contribution in [3.63, 3.8) is 0 Å². The highest BCUT2D eigenvalue weighted by atomic mass is 35.5. The second kappa shape index (κ2) is 12.7. The third-order valence-electron chi connectivity index (χ3n) is 5.91. The molecule has 0 bridgehead atoms. The molecule has 3 rings (SSSR count). The lowest BCUT2D eigenvalue weighted by Crippen LogP contribution is -2.56. The van der Waals surface area contributed by atoms with Gasteiger partial charge in [-0.2, -0.15) is 0 Å². The number of hydrogen-bond acceptors (Lipinski definition) is 4. The van der Waals surface area contributed by atoms with Gasteiger partial charge >= 0.3 is 0 Å². The van der Waals surface area contributed by atoms with Crippen LogP contribution in [-0.2, 0) is 19.3 Å². The van der Waals surface area contributed by atoms with Crippen LogP contribution >= 0.6 is 23.4 Å². The minimum atomic E-state index is -3.01. The molecule has 0 fully saturated rings. The molecule has 0 spiro atoms. The van der Waals surface area contributed by atoms with Gasteiger partial charge in [0.05, 0.1) is 12.1 Å². The van der Waals surface area contributed by atoms with E-state index in [1.54, 1.807) is 11.8 Å². The molecule has 3 nitrogen and oxygen atoms in total. The first-order valence-corrected chi connectivity index (χ1v) is 12.5. The van der Waals surface area contributed by atoms with Gasteiger partial charge in [-0.15, -0.1) is 0 Å². The fourth-order valence-corrected chi connectivity index (χ4v) is 5.09. The lowest BCUT2D eigenvalue weighted by molar-refractivity contribution is -0.0669. The van der Waals surface area contributed by atoms with Gasteiger partial charge in [-0.1, -0.05) is 71.9 Å². The van der Waals surface area contributed by atoms with Crippen LogP contribution in [0.15, 0.2) is 82.6 Å². The van der Waals surface area contributed by atoms with Crippen LogP contribution in [0, 0.1) is 0 Å². The summed E-state index contributed by atoms with van der Waals surface area (Å²) in [7, 11) is 0. The number of hydrogen-bond donors (Lipinski definition) is 3. The number of nitrogens with two attached hydrogens (primary N) is 1. The highest BCUT2D eigenvalue weighted by molar-refractivity contribution is 7.99. The van der Waals surface area contributed by atoms with Gasteiger partial charge in [0.15, 0.2) is 0 Å². The third kappa shape index (κ3) is 7.52. The SMILES string of the molecule is NC(CO)(CCCc1ccc(Sc2cccc(CCc3ccccc3)c2)cc1Cl)C(O)C(F)F. The Labute approximate surface area is 209 Å². The van der Waals surface area contributed by atoms with Crippen LogP contribution in [0.2, 0.25) is 5.02 Å². The predicted molar refractivity (Wildman–Crippen MR) is 135 cm³/mol. The first kappa shape index (κ1) is 26.6. The largest absolute Gasteiger partial charge is 0.394 e. The maximum Gasteiger partial charge on any atom is 0.265 e. The average molecular weight is 506 g/mol. The van der Waals surface area contributed by atoms with Crippen LogP contribution in [0.3, 0.4) is 0 Å². The van der Waals surface area contributed by atoms with Gasteiger partial charge in [0.1, 0.15) is 6.10 Å². The molecule has 0 aliphatic heterocycles. The van der Waals surface area contributed by atoms with E-state index in [1.165, 1.54) is 11.1 Å². The van der Waals surface area contributed by atoms with E-state index in [4.69, 9.17) is 17.3 Å². The van der Waals surface area contributed by atoms with Crippen molar-refractivity contribution in [2.45, 2.75) is 60.0 Å². The Balaban J connectivity index is 1.57. The fraction of sp³-hybridized carbons (Fsp3) is 0.333. The Morgan fingerprint density at radius 1 is 0.882 bits per heavy atom. The molecule has 0 amide bonds. The van der Waals surface area contributed by atoms with Crippen LogP contribution in [0.4, 0.5) is 8.78 Å². The topological polar surface area (TPSA) is 66.5 Å². The van der Waals surface area contributed by atoms with Gasteiger partial charge in [0, 0.05) is 14.8 Å². The number of alkyl halides is 2. The van der Waals surface area contributed by atoms with Gasteiger partial charge in [-0.3, -0.25) is 0 Å². The van der Waals surface area contributed by atoms with E-state index in [9.17, 15) is 19.0 Å². The molecular weight excluding hydrogens is 476 g/mol. The first-order chi connectivity index (χ1) is 16.3. The van der Waals surface area contributed by atoms with Crippen molar-refractivity contribution in [1.29, 1.82) is 0 Å². The van der Waals surface area contributed by atoms with Gasteiger partial charge in [0.25, 0.3) is 6.43 Å². The van der Waals surface area contributed by atoms with Crippen LogP contribution in [-0.4, -0.2) is 34.9 Å². The molecule has 3 aromatic carbocycles. The van der Waals surface area contributed by atoms with Crippen LogP contribution < -0.4 is 5.73 Å². The Kier molecular flexibility index (Phi) is 9.92. The summed E-state index contributed by atoms with van der Waals surface area (Å²) in [5, 5.41) is 19.6. The highest BCUT2D eigenvalue weighted by Crippen LogP contribution is 2.32. The zero-order valence-electron chi connectivity index (χ0n) is 18.8. The number of rotatable bonds is 12. The summed E-state index contributed by atoms with van der Waals surface area (Å²) in [6.07, 6.45) is -2.15. The number of aryl methyl sites for hydroxylation is 3. The molecule has 2 unspecified atom stereocenters. The van der Waals surface area contributed by atoms with E-state index in [0.29, 0.717) is 17.9 Å². The van der Waals surface area contributed by atoms with Crippen molar-refractivity contribution in [3.8, 4) is 0 Å². The van der Waals surface area contributed by atoms with Gasteiger partial charge in [-0.05, 0) is 73.1 Å². The molecule has 0 aliphatic rings. The van der Waals surface area contributed by atoms with Gasteiger partial charge in [0.2, 0.25) is 0 Å². The number of aliphatic hydroxyl groups is 2. The molecule has 2 atom stereocenters. The molecule has 0 aromatic heterocycles. The molecule has 0 radical (unpaired) electrons. The predicted octanol–water partition coefficient (Wildman–Crippen LogP) is 5.91. The van der Waals surface area contributed by atoms with E-state index in [2.05, 4.69) is 48.5 Å². The van der Waals surface area contributed by atoms with E-state index in [1.807, 2.05) is 24.3 Å². The summed E-state index contributed by atoms with van der Waals surface area (Å²) in [5.74, 6) is 0. The molecule has 0 saturated heterocycles. The summed E-state index contributed by atoms with van der Waals surface area (Å²) >= 11 is 8.11. The maximum absolute atomic E-state index is 12.8. The monoisotopic (exact) mass is 505 g/mol. The van der Waals surface area contributed by atoms with Gasteiger partial charge in [-0.25, -0.2) is 8.78 Å². The second-order valence-electron chi connectivity index (χ2n) is 8.51. The van der Waals surface area contributed by atoms with Crippen molar-refractivity contribution in [1.82, 2.24) is 0 Å². The van der Waals surface area contributed by atoms with Crippen molar-refractivity contribution in [2.24, 2.45) is 5.73 Å². The normalized spacial score (nSPS) is 14.2. The Morgan fingerprint density at radius 2 is 1.56 bits per heavy atom. The van der Waals surface area contributed by atoms with Crippen LogP contribution in [0.5, 0.6) is 0 Å². The molecule has 182 valence electrons. The average Bonchev–Trinajstić information content (AvgIpc) is 2.84. The van der Waals surface area contributed by atoms with E-state index < -0.39 is 24.7 Å². The second-order valence-corrected chi connectivity index (χ2v) is 10.1. The van der Waals surface area contributed by atoms with E-state index >= 15 is 0 Å². The molecule has 3 aromatic rings. The molecular formula is C27H30ClF2NO2S. The Hall–Kier alpha value is -1.96. The zero-order chi connectivity index (χ0) is 24.6. The molecule has 7 heteroatoms. The van der Waals surface area contributed by atoms with Crippen molar-refractivity contribution in [3.05, 3.63) is 94.5 Å². The summed E-state index contributed by atoms with van der Waals surface area (Å²) in [5.41, 5.74) is 7.53. The summed E-state index contributed by atoms with van der Waals surface area (Å²) in [4.78, 5) is 2.14. The molecule has 0 heterocycles. The minimum absolute atomic E-state index is 0.0532. The first-order valence-electron chi connectivity index (χ1n) is 11.3. The quantitative estimate of drug-likeness (QED) is 0.286. The third-order valence-corrected chi connectivity index (χ3v) is 7.25. The molecule has 0 saturated carbocycles.